The van der Waals surface area contributed by atoms with Crippen molar-refractivity contribution < 1.29 is 27.9 Å². The number of rotatable bonds is 6. The van der Waals surface area contributed by atoms with Gasteiger partial charge in [-0.3, -0.25) is 14.5 Å². The molecular formula is C23H29F3N2O3. The second-order valence-corrected chi connectivity index (χ2v) is 9.24. The van der Waals surface area contributed by atoms with Crippen molar-refractivity contribution >= 4 is 11.9 Å². The number of carboxylic acids is 1. The SMILES string of the molecule is CC(c1ccc(C(=O)N(C2CC2)C2CCN(C3(C(=O)O)CCC3)CC2)cc1)C(F)(F)F. The van der Waals surface area contributed by atoms with Crippen molar-refractivity contribution in [3.05, 3.63) is 35.4 Å². The predicted molar refractivity (Wildman–Crippen MR) is 109 cm³/mol. The number of carbonyl (C=O) groups excluding carboxylic acids is 1. The second-order valence-electron chi connectivity index (χ2n) is 9.24. The summed E-state index contributed by atoms with van der Waals surface area (Å²) >= 11 is 0. The van der Waals surface area contributed by atoms with Crippen molar-refractivity contribution in [3.63, 3.8) is 0 Å². The van der Waals surface area contributed by atoms with E-state index in [-0.39, 0.29) is 23.6 Å². The van der Waals surface area contributed by atoms with Crippen molar-refractivity contribution in [2.24, 2.45) is 0 Å². The highest BCUT2D eigenvalue weighted by molar-refractivity contribution is 5.95. The number of carboxylic acid groups (broad SMARTS) is 1. The Balaban J connectivity index is 1.44. The second kappa shape index (κ2) is 8.11. The molecule has 5 nitrogen and oxygen atoms in total. The smallest absolute Gasteiger partial charge is 0.395 e. The minimum Gasteiger partial charge on any atom is -0.480 e. The normalized spacial score (nSPS) is 23.1. The molecule has 1 heterocycles. The summed E-state index contributed by atoms with van der Waals surface area (Å²) in [6.07, 6.45) is 1.31. The summed E-state index contributed by atoms with van der Waals surface area (Å²) in [6.45, 7) is 2.41. The van der Waals surface area contributed by atoms with Gasteiger partial charge in [-0.05, 0) is 69.6 Å². The van der Waals surface area contributed by atoms with Gasteiger partial charge in [-0.25, -0.2) is 0 Å². The van der Waals surface area contributed by atoms with Gasteiger partial charge >= 0.3 is 12.1 Å². The molecule has 1 atom stereocenters. The molecule has 1 aromatic rings. The maximum Gasteiger partial charge on any atom is 0.395 e. The lowest BCUT2D eigenvalue weighted by Gasteiger charge is -2.50. The number of alkyl halides is 3. The quantitative estimate of drug-likeness (QED) is 0.714. The van der Waals surface area contributed by atoms with E-state index in [4.69, 9.17) is 0 Å². The van der Waals surface area contributed by atoms with Gasteiger partial charge in [0.15, 0.2) is 0 Å². The first kappa shape index (κ1) is 22.1. The predicted octanol–water partition coefficient (Wildman–Crippen LogP) is 4.43. The lowest BCUT2D eigenvalue weighted by Crippen LogP contribution is -2.62. The lowest BCUT2D eigenvalue weighted by molar-refractivity contribution is -0.160. The molecule has 31 heavy (non-hydrogen) atoms. The molecule has 2 aliphatic carbocycles. The monoisotopic (exact) mass is 438 g/mol. The van der Waals surface area contributed by atoms with Gasteiger partial charge in [-0.15, -0.1) is 0 Å². The fraction of sp³-hybridized carbons (Fsp3) is 0.652. The molecule has 1 aliphatic heterocycles. The zero-order chi connectivity index (χ0) is 22.4. The van der Waals surface area contributed by atoms with Crippen LogP contribution >= 0.6 is 0 Å². The highest BCUT2D eigenvalue weighted by Gasteiger charge is 2.51. The van der Waals surface area contributed by atoms with Crippen LogP contribution in [0.25, 0.3) is 0 Å². The van der Waals surface area contributed by atoms with E-state index < -0.39 is 23.6 Å². The van der Waals surface area contributed by atoms with Gasteiger partial charge < -0.3 is 10.0 Å². The molecule has 0 aromatic heterocycles. The Morgan fingerprint density at radius 3 is 2.03 bits per heavy atom. The van der Waals surface area contributed by atoms with E-state index in [2.05, 4.69) is 4.90 Å². The molecule has 8 heteroatoms. The van der Waals surface area contributed by atoms with E-state index in [1.165, 1.54) is 24.3 Å². The molecule has 0 spiro atoms. The molecule has 4 rings (SSSR count). The maximum atomic E-state index is 13.3. The van der Waals surface area contributed by atoms with Crippen molar-refractivity contribution in [3.8, 4) is 0 Å². The summed E-state index contributed by atoms with van der Waals surface area (Å²) in [5.41, 5.74) is -0.173. The topological polar surface area (TPSA) is 60.9 Å². The third kappa shape index (κ3) is 4.19. The van der Waals surface area contributed by atoms with E-state index in [9.17, 15) is 27.9 Å². The highest BCUT2D eigenvalue weighted by Crippen LogP contribution is 2.41. The zero-order valence-electron chi connectivity index (χ0n) is 17.7. The maximum absolute atomic E-state index is 13.3. The first-order valence-electron chi connectivity index (χ1n) is 11.1. The van der Waals surface area contributed by atoms with Gasteiger partial charge in [0.2, 0.25) is 0 Å². The van der Waals surface area contributed by atoms with E-state index in [1.54, 1.807) is 0 Å². The Bertz CT molecular complexity index is 823. The largest absolute Gasteiger partial charge is 0.480 e. The van der Waals surface area contributed by atoms with E-state index in [0.717, 1.165) is 39.0 Å². The fourth-order valence-electron chi connectivity index (χ4n) is 4.98. The van der Waals surface area contributed by atoms with Crippen LogP contribution in [0.2, 0.25) is 0 Å². The molecular weight excluding hydrogens is 409 g/mol. The molecule has 170 valence electrons. The molecule has 1 N–H and O–H groups in total. The van der Waals surface area contributed by atoms with Crippen LogP contribution in [-0.2, 0) is 4.79 Å². The van der Waals surface area contributed by atoms with Crippen LogP contribution < -0.4 is 0 Å². The number of benzene rings is 1. The van der Waals surface area contributed by atoms with Crippen LogP contribution in [0.3, 0.4) is 0 Å². The number of hydrogen-bond donors (Lipinski definition) is 1. The number of piperidine rings is 1. The minimum atomic E-state index is -4.31. The Kier molecular flexibility index (Phi) is 5.79. The molecule has 1 saturated heterocycles. The number of aliphatic carboxylic acids is 1. The molecule has 1 unspecified atom stereocenters. The average Bonchev–Trinajstić information content (AvgIpc) is 3.52. The van der Waals surface area contributed by atoms with E-state index in [1.807, 2.05) is 4.90 Å². The summed E-state index contributed by atoms with van der Waals surface area (Å²) in [4.78, 5) is 29.0. The number of hydrogen-bond acceptors (Lipinski definition) is 3. The minimum absolute atomic E-state index is 0.0379. The molecule has 2 saturated carbocycles. The van der Waals surface area contributed by atoms with E-state index >= 15 is 0 Å². The van der Waals surface area contributed by atoms with Crippen molar-refractivity contribution in [2.45, 2.75) is 81.6 Å². The molecule has 3 fully saturated rings. The Morgan fingerprint density at radius 2 is 1.61 bits per heavy atom. The molecule has 0 bridgehead atoms. The summed E-state index contributed by atoms with van der Waals surface area (Å²) in [7, 11) is 0. The van der Waals surface area contributed by atoms with Gasteiger partial charge in [0.25, 0.3) is 5.91 Å². The average molecular weight is 438 g/mol. The van der Waals surface area contributed by atoms with Gasteiger partial charge in [0, 0.05) is 30.7 Å². The third-order valence-corrected chi connectivity index (χ3v) is 7.37. The summed E-state index contributed by atoms with van der Waals surface area (Å²) < 4.78 is 38.9. The Hall–Kier alpha value is -2.09. The summed E-state index contributed by atoms with van der Waals surface area (Å²) in [5.74, 6) is -2.46. The van der Waals surface area contributed by atoms with Crippen molar-refractivity contribution in [1.82, 2.24) is 9.80 Å². The first-order chi connectivity index (χ1) is 14.6. The van der Waals surface area contributed by atoms with Gasteiger partial charge in [-0.2, -0.15) is 13.2 Å². The summed E-state index contributed by atoms with van der Waals surface area (Å²) in [6, 6.07) is 6.00. The molecule has 1 amide bonds. The third-order valence-electron chi connectivity index (χ3n) is 7.37. The molecule has 0 radical (unpaired) electrons. The van der Waals surface area contributed by atoms with Gasteiger partial charge in [0.05, 0.1) is 5.92 Å². The number of nitrogens with zero attached hydrogens (tertiary/aromatic N) is 2. The summed E-state index contributed by atoms with van der Waals surface area (Å²) in [5, 5.41) is 9.68. The van der Waals surface area contributed by atoms with Crippen LogP contribution in [0.15, 0.2) is 24.3 Å². The number of likely N-dealkylation sites (tertiary alicyclic amines) is 1. The Morgan fingerprint density at radius 1 is 1.06 bits per heavy atom. The van der Waals surface area contributed by atoms with Gasteiger partial charge in [-0.1, -0.05) is 12.1 Å². The van der Waals surface area contributed by atoms with Crippen molar-refractivity contribution in [1.29, 1.82) is 0 Å². The number of halogens is 3. The molecule has 1 aromatic carbocycles. The first-order valence-corrected chi connectivity index (χ1v) is 11.1. The lowest BCUT2D eigenvalue weighted by atomic mass is 9.74. The van der Waals surface area contributed by atoms with Crippen LogP contribution in [0.1, 0.15) is 73.7 Å². The molecule has 3 aliphatic rings. The number of carbonyl (C=O) groups is 2. The van der Waals surface area contributed by atoms with Crippen LogP contribution in [0, 0.1) is 0 Å². The van der Waals surface area contributed by atoms with Crippen LogP contribution in [0.4, 0.5) is 13.2 Å². The fourth-order valence-corrected chi connectivity index (χ4v) is 4.98. The van der Waals surface area contributed by atoms with Crippen LogP contribution in [-0.4, -0.2) is 63.7 Å². The van der Waals surface area contributed by atoms with E-state index in [0.29, 0.717) is 31.5 Å². The van der Waals surface area contributed by atoms with Crippen LogP contribution in [0.5, 0.6) is 0 Å². The number of amides is 1. The standard InChI is InChI=1S/C23H29F3N2O3/c1-15(23(24,25)26)16-3-5-17(6-4-16)20(29)28(18-7-8-18)19-9-13-27(14-10-19)22(21(30)31)11-2-12-22/h3-6,15,18-19H,2,7-14H2,1H3,(H,30,31). The Labute approximate surface area is 180 Å². The van der Waals surface area contributed by atoms with Gasteiger partial charge in [0.1, 0.15) is 5.54 Å². The highest BCUT2D eigenvalue weighted by atomic mass is 19.4. The zero-order valence-corrected chi connectivity index (χ0v) is 17.7. The van der Waals surface area contributed by atoms with Crippen molar-refractivity contribution in [2.75, 3.05) is 13.1 Å².